The molecule has 4 N–H and O–H groups in total. The molecule has 0 bridgehead atoms. The molecule has 0 atom stereocenters. The second kappa shape index (κ2) is 8.41. The fraction of sp³-hybridized carbons (Fsp3) is 0.158. The molecule has 1 saturated carbocycles. The first-order valence-electron chi connectivity index (χ1n) is 8.40. The molecule has 0 aliphatic heterocycles. The number of benzene rings is 2. The van der Waals surface area contributed by atoms with E-state index in [1.807, 2.05) is 0 Å². The van der Waals surface area contributed by atoms with Crippen LogP contribution in [0.2, 0.25) is 0 Å². The van der Waals surface area contributed by atoms with Crippen molar-refractivity contribution in [2.24, 2.45) is 5.92 Å². The Hall–Kier alpha value is -3.26. The molecule has 8 heteroatoms. The number of carbonyl (C=O) groups excluding carboxylic acids is 3. The van der Waals surface area contributed by atoms with Crippen molar-refractivity contribution in [3.05, 3.63) is 65.7 Å². The number of hydrazine groups is 1. The summed E-state index contributed by atoms with van der Waals surface area (Å²) >= 11 is 4.99. The van der Waals surface area contributed by atoms with E-state index in [1.165, 1.54) is 0 Å². The zero-order chi connectivity index (χ0) is 19.2. The molecule has 0 aromatic heterocycles. The Kier molecular flexibility index (Phi) is 5.77. The van der Waals surface area contributed by atoms with Gasteiger partial charge in [-0.05, 0) is 61.5 Å². The molecule has 138 valence electrons. The van der Waals surface area contributed by atoms with Crippen molar-refractivity contribution in [3.63, 3.8) is 0 Å². The predicted octanol–water partition coefficient (Wildman–Crippen LogP) is 1.98. The molecule has 3 amide bonds. The lowest BCUT2D eigenvalue weighted by atomic mass is 10.2. The average Bonchev–Trinajstić information content (AvgIpc) is 3.53. The van der Waals surface area contributed by atoms with Gasteiger partial charge in [0.15, 0.2) is 5.11 Å². The van der Waals surface area contributed by atoms with Gasteiger partial charge < -0.3 is 5.32 Å². The van der Waals surface area contributed by atoms with Crippen LogP contribution in [0, 0.1) is 5.92 Å². The third-order valence-corrected chi connectivity index (χ3v) is 4.12. The van der Waals surface area contributed by atoms with E-state index < -0.39 is 5.91 Å². The molecule has 1 aliphatic rings. The molecular weight excluding hydrogens is 364 g/mol. The van der Waals surface area contributed by atoms with Gasteiger partial charge in [-0.2, -0.15) is 0 Å². The molecule has 2 aromatic rings. The van der Waals surface area contributed by atoms with Gasteiger partial charge in [0.05, 0.1) is 0 Å². The summed E-state index contributed by atoms with van der Waals surface area (Å²) in [6, 6.07) is 15.1. The highest BCUT2D eigenvalue weighted by molar-refractivity contribution is 7.80. The van der Waals surface area contributed by atoms with Crippen LogP contribution in [0.3, 0.4) is 0 Å². The lowest BCUT2D eigenvalue weighted by Gasteiger charge is -2.11. The third kappa shape index (κ3) is 5.35. The highest BCUT2D eigenvalue weighted by Gasteiger charge is 2.29. The summed E-state index contributed by atoms with van der Waals surface area (Å²) in [7, 11) is 0. The lowest BCUT2D eigenvalue weighted by molar-refractivity contribution is -0.117. The van der Waals surface area contributed by atoms with Crippen LogP contribution in [0.4, 0.5) is 5.69 Å². The maximum absolute atomic E-state index is 12.1. The summed E-state index contributed by atoms with van der Waals surface area (Å²) in [5.41, 5.74) is 6.37. The molecule has 27 heavy (non-hydrogen) atoms. The van der Waals surface area contributed by atoms with Crippen LogP contribution < -0.4 is 21.5 Å². The normalized spacial score (nSPS) is 12.6. The number of hydrogen-bond acceptors (Lipinski definition) is 4. The zero-order valence-electron chi connectivity index (χ0n) is 14.3. The maximum Gasteiger partial charge on any atom is 0.269 e. The largest absolute Gasteiger partial charge is 0.326 e. The fourth-order valence-electron chi connectivity index (χ4n) is 2.28. The summed E-state index contributed by atoms with van der Waals surface area (Å²) in [5, 5.41) is 5.25. The van der Waals surface area contributed by atoms with Crippen LogP contribution in [0.5, 0.6) is 0 Å². The number of amides is 3. The minimum Gasteiger partial charge on any atom is -0.326 e. The third-order valence-electron chi connectivity index (χ3n) is 3.92. The van der Waals surface area contributed by atoms with Crippen molar-refractivity contribution in [2.75, 3.05) is 5.32 Å². The Morgan fingerprint density at radius 2 is 1.44 bits per heavy atom. The molecule has 1 fully saturated rings. The van der Waals surface area contributed by atoms with Crippen LogP contribution in [-0.4, -0.2) is 22.8 Å². The molecule has 0 heterocycles. The Bertz CT molecular complexity index is 864. The van der Waals surface area contributed by atoms with Gasteiger partial charge in [0.25, 0.3) is 11.8 Å². The molecule has 0 spiro atoms. The molecule has 7 nitrogen and oxygen atoms in total. The van der Waals surface area contributed by atoms with Gasteiger partial charge in [0.2, 0.25) is 5.91 Å². The van der Waals surface area contributed by atoms with Crippen molar-refractivity contribution in [3.8, 4) is 0 Å². The minimum absolute atomic E-state index is 0.00775. The molecule has 0 radical (unpaired) electrons. The molecule has 0 saturated heterocycles. The van der Waals surface area contributed by atoms with Crippen molar-refractivity contribution < 1.29 is 14.4 Å². The number of thiocarbonyl (C=S) groups is 1. The van der Waals surface area contributed by atoms with Gasteiger partial charge in [0.1, 0.15) is 0 Å². The molecule has 2 aromatic carbocycles. The number of rotatable bonds is 4. The molecule has 0 unspecified atom stereocenters. The summed E-state index contributed by atoms with van der Waals surface area (Å²) in [6.45, 7) is 0. The number of anilines is 1. The molecule has 3 rings (SSSR count). The van der Waals surface area contributed by atoms with E-state index in [2.05, 4.69) is 21.5 Å². The van der Waals surface area contributed by atoms with Crippen LogP contribution in [-0.2, 0) is 4.79 Å². The van der Waals surface area contributed by atoms with Gasteiger partial charge in [-0.15, -0.1) is 0 Å². The van der Waals surface area contributed by atoms with Gasteiger partial charge >= 0.3 is 0 Å². The van der Waals surface area contributed by atoms with E-state index in [4.69, 9.17) is 12.2 Å². The van der Waals surface area contributed by atoms with Gasteiger partial charge in [-0.1, -0.05) is 18.2 Å². The van der Waals surface area contributed by atoms with Gasteiger partial charge in [-0.25, -0.2) is 0 Å². The Balaban J connectivity index is 1.46. The quantitative estimate of drug-likeness (QED) is 0.479. The number of hydrogen-bond donors (Lipinski definition) is 4. The number of nitrogens with one attached hydrogen (secondary N) is 4. The van der Waals surface area contributed by atoms with Gasteiger partial charge in [-0.3, -0.25) is 30.6 Å². The predicted molar refractivity (Wildman–Crippen MR) is 105 cm³/mol. The first-order chi connectivity index (χ1) is 13.0. The summed E-state index contributed by atoms with van der Waals surface area (Å²) in [4.78, 5) is 35.8. The lowest BCUT2D eigenvalue weighted by Crippen LogP contribution is -2.48. The first kappa shape index (κ1) is 18.5. The van der Waals surface area contributed by atoms with E-state index in [9.17, 15) is 14.4 Å². The standard InChI is InChI=1S/C19H18N4O3S/c24-16(13-6-7-13)20-15-10-8-14(9-11-15)18(26)22-23-19(27)21-17(25)12-4-2-1-3-5-12/h1-5,8-11,13H,6-7H2,(H,20,24)(H,22,26)(H2,21,23,25,27). The second-order valence-corrected chi connectivity index (χ2v) is 6.48. The zero-order valence-corrected chi connectivity index (χ0v) is 15.1. The highest BCUT2D eigenvalue weighted by atomic mass is 32.1. The highest BCUT2D eigenvalue weighted by Crippen LogP contribution is 2.30. The second-order valence-electron chi connectivity index (χ2n) is 6.07. The Morgan fingerprint density at radius 1 is 0.815 bits per heavy atom. The maximum atomic E-state index is 12.1. The van der Waals surface area contributed by atoms with Crippen LogP contribution >= 0.6 is 12.2 Å². The fourth-order valence-corrected chi connectivity index (χ4v) is 2.42. The average molecular weight is 382 g/mol. The summed E-state index contributed by atoms with van der Waals surface area (Å²) < 4.78 is 0. The van der Waals surface area contributed by atoms with E-state index in [1.54, 1.807) is 54.6 Å². The molecule has 1 aliphatic carbocycles. The van der Waals surface area contributed by atoms with Crippen LogP contribution in [0.25, 0.3) is 0 Å². The minimum atomic E-state index is -0.425. The number of carbonyl (C=O) groups is 3. The van der Waals surface area contributed by atoms with E-state index in [0.29, 0.717) is 16.8 Å². The van der Waals surface area contributed by atoms with Crippen molar-refractivity contribution in [2.45, 2.75) is 12.8 Å². The van der Waals surface area contributed by atoms with E-state index >= 15 is 0 Å². The van der Waals surface area contributed by atoms with Crippen LogP contribution in [0.15, 0.2) is 54.6 Å². The smallest absolute Gasteiger partial charge is 0.269 e. The molecular formula is C19H18N4O3S. The first-order valence-corrected chi connectivity index (χ1v) is 8.81. The topological polar surface area (TPSA) is 99.3 Å². The van der Waals surface area contributed by atoms with Crippen molar-refractivity contribution in [1.29, 1.82) is 0 Å². The Labute approximate surface area is 161 Å². The summed E-state index contributed by atoms with van der Waals surface area (Å²) in [5.74, 6) is -0.679. The monoisotopic (exact) mass is 382 g/mol. The van der Waals surface area contributed by atoms with E-state index in [-0.39, 0.29) is 22.8 Å². The van der Waals surface area contributed by atoms with E-state index in [0.717, 1.165) is 12.8 Å². The van der Waals surface area contributed by atoms with Crippen LogP contribution in [0.1, 0.15) is 33.6 Å². The van der Waals surface area contributed by atoms with Gasteiger partial charge in [0, 0.05) is 22.7 Å². The SMILES string of the molecule is O=C(NNC(=S)NC(=O)c1ccccc1)c1ccc(NC(=O)C2CC2)cc1. The van der Waals surface area contributed by atoms with Crippen molar-refractivity contribution in [1.82, 2.24) is 16.2 Å². The summed E-state index contributed by atoms with van der Waals surface area (Å²) in [6.07, 6.45) is 1.86. The Morgan fingerprint density at radius 3 is 2.07 bits per heavy atom. The van der Waals surface area contributed by atoms with Crippen molar-refractivity contribution >= 4 is 40.7 Å².